The van der Waals surface area contributed by atoms with E-state index < -0.39 is 0 Å². The second-order valence-corrected chi connectivity index (χ2v) is 5.82. The first-order chi connectivity index (χ1) is 12.4. The number of benzene rings is 1. The molecule has 0 amide bonds. The molecule has 5 heteroatoms. The van der Waals surface area contributed by atoms with E-state index in [4.69, 9.17) is 10.4 Å². The Balaban J connectivity index is 1.78. The van der Waals surface area contributed by atoms with Gasteiger partial charge in [-0.05, 0) is 43.7 Å². The lowest BCUT2D eigenvalue weighted by molar-refractivity contribution is 0.629. The summed E-state index contributed by atoms with van der Waals surface area (Å²) in [5, 5.41) is 16.8. The van der Waals surface area contributed by atoms with Gasteiger partial charge < -0.3 is 5.32 Å². The lowest BCUT2D eigenvalue weighted by Gasteiger charge is -2.04. The number of pyridine rings is 1. The van der Waals surface area contributed by atoms with E-state index in [0.29, 0.717) is 6.42 Å². The molecule has 1 N–H and O–H groups in total. The fourth-order valence-corrected chi connectivity index (χ4v) is 2.68. The van der Waals surface area contributed by atoms with Crippen LogP contribution in [0.1, 0.15) is 24.8 Å². The minimum absolute atomic E-state index is 0.620. The monoisotopic (exact) mass is 331 g/mol. The van der Waals surface area contributed by atoms with Crippen molar-refractivity contribution in [3.63, 3.8) is 0 Å². The zero-order valence-corrected chi connectivity index (χ0v) is 14.1. The number of unbranched alkanes of at least 4 members (excludes halogenated alkanes) is 2. The average molecular weight is 331 g/mol. The van der Waals surface area contributed by atoms with Crippen molar-refractivity contribution in [2.75, 3.05) is 6.54 Å². The molecule has 2 heterocycles. The number of nitriles is 1. The van der Waals surface area contributed by atoms with Gasteiger partial charge in [-0.25, -0.2) is 4.68 Å². The van der Waals surface area contributed by atoms with Crippen molar-refractivity contribution >= 4 is 0 Å². The first kappa shape index (κ1) is 16.9. The minimum Gasteiger partial charge on any atom is -0.313 e. The summed E-state index contributed by atoms with van der Waals surface area (Å²) in [4.78, 5) is 4.21. The summed E-state index contributed by atoms with van der Waals surface area (Å²) >= 11 is 0. The van der Waals surface area contributed by atoms with Crippen LogP contribution in [0.2, 0.25) is 0 Å². The molecule has 0 spiro atoms. The molecular weight excluding hydrogens is 310 g/mol. The van der Waals surface area contributed by atoms with Crippen LogP contribution in [0.4, 0.5) is 0 Å². The van der Waals surface area contributed by atoms with E-state index >= 15 is 0 Å². The second kappa shape index (κ2) is 8.76. The van der Waals surface area contributed by atoms with Crippen LogP contribution in [0.3, 0.4) is 0 Å². The molecule has 0 fully saturated rings. The Kier molecular flexibility index (Phi) is 5.91. The van der Waals surface area contributed by atoms with Crippen LogP contribution < -0.4 is 5.32 Å². The molecule has 3 rings (SSSR count). The maximum Gasteiger partial charge on any atom is 0.0988 e. The molecule has 0 aliphatic heterocycles. The predicted octanol–water partition coefficient (Wildman–Crippen LogP) is 3.72. The third kappa shape index (κ3) is 4.52. The normalized spacial score (nSPS) is 10.5. The third-order valence-electron chi connectivity index (χ3n) is 3.95. The van der Waals surface area contributed by atoms with Gasteiger partial charge in [0, 0.05) is 42.7 Å². The molecule has 0 unspecified atom stereocenters. The van der Waals surface area contributed by atoms with Crippen LogP contribution in [0.25, 0.3) is 16.9 Å². The molecule has 5 nitrogen and oxygen atoms in total. The number of para-hydroxylation sites is 1. The first-order valence-electron chi connectivity index (χ1n) is 8.50. The number of hydrogen-bond donors (Lipinski definition) is 1. The van der Waals surface area contributed by atoms with E-state index in [1.807, 2.05) is 53.3 Å². The Bertz CT molecular complexity index is 818. The Morgan fingerprint density at radius 3 is 2.72 bits per heavy atom. The lowest BCUT2D eigenvalue weighted by Crippen LogP contribution is -2.14. The molecule has 0 atom stereocenters. The van der Waals surface area contributed by atoms with E-state index in [0.717, 1.165) is 48.4 Å². The Morgan fingerprint density at radius 2 is 1.96 bits per heavy atom. The summed E-state index contributed by atoms with van der Waals surface area (Å²) in [6, 6.07) is 16.2. The van der Waals surface area contributed by atoms with Gasteiger partial charge in [0.25, 0.3) is 0 Å². The zero-order valence-electron chi connectivity index (χ0n) is 14.1. The molecular formula is C20H21N5. The van der Waals surface area contributed by atoms with Gasteiger partial charge in [-0.3, -0.25) is 4.98 Å². The summed E-state index contributed by atoms with van der Waals surface area (Å²) in [5.41, 5.74) is 4.13. The lowest BCUT2D eigenvalue weighted by atomic mass is 10.1. The van der Waals surface area contributed by atoms with Gasteiger partial charge in [0.05, 0.1) is 17.5 Å². The smallest absolute Gasteiger partial charge is 0.0988 e. The van der Waals surface area contributed by atoms with Gasteiger partial charge in [0.2, 0.25) is 0 Å². The molecule has 25 heavy (non-hydrogen) atoms. The standard InChI is InChI=1S/C20H21N5/c21-11-5-2-6-12-22-15-18-16-25(19-9-3-1-4-10-19)24-20(18)17-8-7-13-23-14-17/h1,3-4,7-10,13-14,16,22H,2,5-6,12,15H2. The highest BCUT2D eigenvalue weighted by atomic mass is 15.3. The fourth-order valence-electron chi connectivity index (χ4n) is 2.68. The summed E-state index contributed by atoms with van der Waals surface area (Å²) in [5.74, 6) is 0. The maximum atomic E-state index is 8.59. The third-order valence-corrected chi connectivity index (χ3v) is 3.95. The number of nitrogens with one attached hydrogen (secondary N) is 1. The molecule has 1 aromatic carbocycles. The van der Waals surface area contributed by atoms with Gasteiger partial charge in [0.15, 0.2) is 0 Å². The van der Waals surface area contributed by atoms with Crippen molar-refractivity contribution in [1.82, 2.24) is 20.1 Å². The molecule has 3 aromatic rings. The van der Waals surface area contributed by atoms with E-state index in [2.05, 4.69) is 22.6 Å². The molecule has 0 saturated heterocycles. The largest absolute Gasteiger partial charge is 0.313 e. The summed E-state index contributed by atoms with van der Waals surface area (Å²) in [7, 11) is 0. The van der Waals surface area contributed by atoms with Crippen molar-refractivity contribution in [3.05, 3.63) is 66.6 Å². The molecule has 0 aliphatic rings. The molecule has 0 radical (unpaired) electrons. The van der Waals surface area contributed by atoms with Gasteiger partial charge in [-0.15, -0.1) is 0 Å². The molecule has 0 saturated carbocycles. The summed E-state index contributed by atoms with van der Waals surface area (Å²) in [6.07, 6.45) is 8.23. The van der Waals surface area contributed by atoms with E-state index in [-0.39, 0.29) is 0 Å². The molecule has 0 bridgehead atoms. The predicted molar refractivity (Wildman–Crippen MR) is 98.0 cm³/mol. The molecule has 0 aliphatic carbocycles. The van der Waals surface area contributed by atoms with E-state index in [9.17, 15) is 0 Å². The molecule has 2 aromatic heterocycles. The summed E-state index contributed by atoms with van der Waals surface area (Å²) < 4.78 is 1.91. The minimum atomic E-state index is 0.620. The Labute approximate surface area is 148 Å². The highest BCUT2D eigenvalue weighted by Crippen LogP contribution is 2.23. The van der Waals surface area contributed by atoms with Gasteiger partial charge >= 0.3 is 0 Å². The number of nitrogens with zero attached hydrogens (tertiary/aromatic N) is 4. The highest BCUT2D eigenvalue weighted by Gasteiger charge is 2.12. The quantitative estimate of drug-likeness (QED) is 0.639. The average Bonchev–Trinajstić information content (AvgIpc) is 3.10. The number of aromatic nitrogens is 3. The maximum absolute atomic E-state index is 8.59. The second-order valence-electron chi connectivity index (χ2n) is 5.82. The van der Waals surface area contributed by atoms with Crippen molar-refractivity contribution in [2.45, 2.75) is 25.8 Å². The van der Waals surface area contributed by atoms with Gasteiger partial charge in [-0.2, -0.15) is 10.4 Å². The topological polar surface area (TPSA) is 66.5 Å². The van der Waals surface area contributed by atoms with Gasteiger partial charge in [0.1, 0.15) is 0 Å². The van der Waals surface area contributed by atoms with Crippen molar-refractivity contribution in [2.24, 2.45) is 0 Å². The van der Waals surface area contributed by atoms with E-state index in [1.54, 1.807) is 6.20 Å². The van der Waals surface area contributed by atoms with Crippen LogP contribution in [0, 0.1) is 11.3 Å². The Morgan fingerprint density at radius 1 is 1.08 bits per heavy atom. The van der Waals surface area contributed by atoms with Crippen molar-refractivity contribution in [3.8, 4) is 23.0 Å². The van der Waals surface area contributed by atoms with Crippen molar-refractivity contribution in [1.29, 1.82) is 5.26 Å². The van der Waals surface area contributed by atoms with Crippen LogP contribution in [-0.2, 0) is 6.54 Å². The Hall–Kier alpha value is -2.97. The zero-order chi connectivity index (χ0) is 17.3. The van der Waals surface area contributed by atoms with Crippen LogP contribution >= 0.6 is 0 Å². The van der Waals surface area contributed by atoms with Crippen LogP contribution in [0.15, 0.2) is 61.1 Å². The molecule has 126 valence electrons. The number of hydrogen-bond acceptors (Lipinski definition) is 4. The van der Waals surface area contributed by atoms with E-state index in [1.165, 1.54) is 0 Å². The van der Waals surface area contributed by atoms with Crippen molar-refractivity contribution < 1.29 is 0 Å². The highest BCUT2D eigenvalue weighted by molar-refractivity contribution is 5.62. The number of rotatable bonds is 8. The van der Waals surface area contributed by atoms with Crippen LogP contribution in [0.5, 0.6) is 0 Å². The fraction of sp³-hybridized carbons (Fsp3) is 0.250. The van der Waals surface area contributed by atoms with Gasteiger partial charge in [-0.1, -0.05) is 18.2 Å². The first-order valence-corrected chi connectivity index (χ1v) is 8.50. The SMILES string of the molecule is N#CCCCCNCc1cn(-c2ccccc2)nc1-c1cccnc1. The van der Waals surface area contributed by atoms with Crippen LogP contribution in [-0.4, -0.2) is 21.3 Å². The summed E-state index contributed by atoms with van der Waals surface area (Å²) in [6.45, 7) is 1.63.